The fraction of sp³-hybridized carbons (Fsp3) is 0.571. The number of aliphatic hydroxyl groups is 1. The zero-order valence-corrected chi connectivity index (χ0v) is 12.2. The minimum absolute atomic E-state index is 0.341. The second-order valence-electron chi connectivity index (χ2n) is 6.13. The van der Waals surface area contributed by atoms with E-state index in [2.05, 4.69) is 0 Å². The summed E-state index contributed by atoms with van der Waals surface area (Å²) in [5.41, 5.74) is 1.43. The van der Waals surface area contributed by atoms with Crippen molar-refractivity contribution in [3.05, 3.63) is 34.9 Å². The molecule has 0 saturated heterocycles. The Kier molecular flexibility index (Phi) is 4.89. The van der Waals surface area contributed by atoms with Gasteiger partial charge in [-0.1, -0.05) is 20.8 Å². The molecule has 0 aliphatic carbocycles. The number of alkyl halides is 6. The normalized spacial score (nSPS) is 16.5. The van der Waals surface area contributed by atoms with Crippen molar-refractivity contribution in [1.29, 1.82) is 0 Å². The van der Waals surface area contributed by atoms with Crippen molar-refractivity contribution < 1.29 is 31.4 Å². The van der Waals surface area contributed by atoms with Gasteiger partial charge in [0, 0.05) is 0 Å². The van der Waals surface area contributed by atoms with Gasteiger partial charge in [-0.25, -0.2) is 0 Å². The summed E-state index contributed by atoms with van der Waals surface area (Å²) in [6, 6.07) is -0.558. The first-order valence-electron chi connectivity index (χ1n) is 6.37. The molecule has 2 atom stereocenters. The molecule has 1 aromatic rings. The van der Waals surface area contributed by atoms with E-state index in [9.17, 15) is 31.4 Å². The van der Waals surface area contributed by atoms with E-state index < -0.39 is 46.6 Å². The molecule has 0 saturated carbocycles. The summed E-state index contributed by atoms with van der Waals surface area (Å²) in [7, 11) is 0. The largest absolute Gasteiger partial charge is 0.416 e. The van der Waals surface area contributed by atoms with Crippen LogP contribution < -0.4 is 5.73 Å². The van der Waals surface area contributed by atoms with Crippen LogP contribution in [0.25, 0.3) is 0 Å². The van der Waals surface area contributed by atoms with Gasteiger partial charge in [0.25, 0.3) is 0 Å². The SMILES string of the molecule is CC(C)(C)[C@H](O)[C@H](N)c1cc(C(F)(F)F)ccc1C(F)(F)F. The number of benzene rings is 1. The lowest BCUT2D eigenvalue weighted by Gasteiger charge is -2.32. The summed E-state index contributed by atoms with van der Waals surface area (Å²) < 4.78 is 77.1. The Morgan fingerprint density at radius 1 is 0.955 bits per heavy atom. The molecule has 126 valence electrons. The van der Waals surface area contributed by atoms with Crippen LogP contribution in [0.2, 0.25) is 0 Å². The van der Waals surface area contributed by atoms with Crippen molar-refractivity contribution >= 4 is 0 Å². The molecule has 0 spiro atoms. The number of hydrogen-bond donors (Lipinski definition) is 2. The first kappa shape index (κ1) is 18.8. The van der Waals surface area contributed by atoms with Crippen LogP contribution in [0.15, 0.2) is 18.2 Å². The predicted molar refractivity (Wildman–Crippen MR) is 68.8 cm³/mol. The third kappa shape index (κ3) is 4.13. The van der Waals surface area contributed by atoms with Crippen LogP contribution in [0, 0.1) is 5.41 Å². The average molecular weight is 329 g/mol. The van der Waals surface area contributed by atoms with Gasteiger partial charge < -0.3 is 10.8 Å². The summed E-state index contributed by atoms with van der Waals surface area (Å²) in [4.78, 5) is 0. The molecule has 0 amide bonds. The van der Waals surface area contributed by atoms with E-state index in [4.69, 9.17) is 5.73 Å². The van der Waals surface area contributed by atoms with Gasteiger partial charge in [-0.3, -0.25) is 0 Å². The van der Waals surface area contributed by atoms with Crippen molar-refractivity contribution in [3.8, 4) is 0 Å². The molecular formula is C14H17F6NO. The van der Waals surface area contributed by atoms with E-state index in [-0.39, 0.29) is 0 Å². The van der Waals surface area contributed by atoms with Crippen molar-refractivity contribution in [1.82, 2.24) is 0 Å². The highest BCUT2D eigenvalue weighted by molar-refractivity contribution is 5.38. The van der Waals surface area contributed by atoms with Crippen molar-refractivity contribution in [2.75, 3.05) is 0 Å². The highest BCUT2D eigenvalue weighted by Gasteiger charge is 2.40. The van der Waals surface area contributed by atoms with Gasteiger partial charge in [-0.15, -0.1) is 0 Å². The van der Waals surface area contributed by atoms with Crippen LogP contribution in [0.4, 0.5) is 26.3 Å². The van der Waals surface area contributed by atoms with Crippen LogP contribution in [-0.4, -0.2) is 11.2 Å². The Morgan fingerprint density at radius 2 is 1.45 bits per heavy atom. The van der Waals surface area contributed by atoms with E-state index >= 15 is 0 Å². The van der Waals surface area contributed by atoms with Gasteiger partial charge in [0.2, 0.25) is 0 Å². The molecule has 1 aromatic carbocycles. The second-order valence-corrected chi connectivity index (χ2v) is 6.13. The van der Waals surface area contributed by atoms with Gasteiger partial charge in [0.15, 0.2) is 0 Å². The standard InChI is InChI=1S/C14H17F6NO/c1-12(2,3)11(22)10(21)8-6-7(13(15,16)17)4-5-9(8)14(18,19)20/h4-6,10-11,22H,21H2,1-3H3/t10-,11-/m1/s1. The number of rotatable bonds is 2. The molecule has 0 radical (unpaired) electrons. The molecule has 0 fully saturated rings. The maximum Gasteiger partial charge on any atom is 0.416 e. The second kappa shape index (κ2) is 5.73. The smallest absolute Gasteiger partial charge is 0.391 e. The zero-order valence-electron chi connectivity index (χ0n) is 12.2. The lowest BCUT2D eigenvalue weighted by Crippen LogP contribution is -2.38. The third-order valence-electron chi connectivity index (χ3n) is 3.27. The van der Waals surface area contributed by atoms with E-state index in [1.807, 2.05) is 0 Å². The van der Waals surface area contributed by atoms with E-state index in [1.54, 1.807) is 0 Å². The fourth-order valence-corrected chi connectivity index (χ4v) is 1.98. The molecular weight excluding hydrogens is 312 g/mol. The lowest BCUT2D eigenvalue weighted by atomic mass is 9.81. The number of hydrogen-bond acceptors (Lipinski definition) is 2. The summed E-state index contributed by atoms with van der Waals surface area (Å²) in [6.07, 6.45) is -11.1. The van der Waals surface area contributed by atoms with Crippen LogP contribution in [-0.2, 0) is 12.4 Å². The maximum atomic E-state index is 13.0. The Balaban J connectivity index is 3.47. The Bertz CT molecular complexity index is 530. The van der Waals surface area contributed by atoms with E-state index in [0.29, 0.717) is 18.2 Å². The first-order valence-corrected chi connectivity index (χ1v) is 6.37. The van der Waals surface area contributed by atoms with Crippen molar-refractivity contribution in [2.45, 2.75) is 45.3 Å². The zero-order chi connectivity index (χ0) is 17.5. The molecule has 3 N–H and O–H groups in total. The summed E-state index contributed by atoms with van der Waals surface area (Å²) in [5.74, 6) is 0. The van der Waals surface area contributed by atoms with Crippen LogP contribution >= 0.6 is 0 Å². The summed E-state index contributed by atoms with van der Waals surface area (Å²) in [5, 5.41) is 10.0. The number of halogens is 6. The Hall–Kier alpha value is -1.28. The van der Waals surface area contributed by atoms with E-state index in [1.165, 1.54) is 20.8 Å². The topological polar surface area (TPSA) is 46.2 Å². The average Bonchev–Trinajstić information content (AvgIpc) is 2.33. The van der Waals surface area contributed by atoms with Gasteiger partial charge in [-0.2, -0.15) is 26.3 Å². The van der Waals surface area contributed by atoms with Gasteiger partial charge >= 0.3 is 12.4 Å². The summed E-state index contributed by atoms with van der Waals surface area (Å²) >= 11 is 0. The summed E-state index contributed by atoms with van der Waals surface area (Å²) in [6.45, 7) is 4.58. The molecule has 0 aliphatic heterocycles. The molecule has 0 aliphatic rings. The monoisotopic (exact) mass is 329 g/mol. The Morgan fingerprint density at radius 3 is 1.82 bits per heavy atom. The van der Waals surface area contributed by atoms with Crippen LogP contribution in [0.3, 0.4) is 0 Å². The maximum absolute atomic E-state index is 13.0. The van der Waals surface area contributed by atoms with Crippen LogP contribution in [0.1, 0.15) is 43.5 Å². The predicted octanol–water partition coefficient (Wildman–Crippen LogP) is 4.13. The van der Waals surface area contributed by atoms with Crippen molar-refractivity contribution in [2.24, 2.45) is 11.1 Å². The lowest BCUT2D eigenvalue weighted by molar-refractivity contribution is -0.142. The highest BCUT2D eigenvalue weighted by Crippen LogP contribution is 2.40. The quantitative estimate of drug-likeness (QED) is 0.802. The fourth-order valence-electron chi connectivity index (χ4n) is 1.98. The van der Waals surface area contributed by atoms with Gasteiger partial charge in [0.1, 0.15) is 0 Å². The molecule has 0 heterocycles. The molecule has 0 aromatic heterocycles. The molecule has 2 nitrogen and oxygen atoms in total. The highest BCUT2D eigenvalue weighted by atomic mass is 19.4. The van der Waals surface area contributed by atoms with Gasteiger partial charge in [0.05, 0.1) is 23.3 Å². The molecule has 0 bridgehead atoms. The number of nitrogens with two attached hydrogens (primary N) is 1. The minimum Gasteiger partial charge on any atom is -0.391 e. The number of aliphatic hydroxyl groups excluding tert-OH is 1. The third-order valence-corrected chi connectivity index (χ3v) is 3.27. The van der Waals surface area contributed by atoms with Crippen LogP contribution in [0.5, 0.6) is 0 Å². The van der Waals surface area contributed by atoms with E-state index in [0.717, 1.165) is 0 Å². The first-order chi connectivity index (χ1) is 9.65. The molecule has 22 heavy (non-hydrogen) atoms. The minimum atomic E-state index is -4.87. The molecule has 1 rings (SSSR count). The Labute approximate surface area is 123 Å². The van der Waals surface area contributed by atoms with Gasteiger partial charge in [-0.05, 0) is 29.2 Å². The molecule has 0 unspecified atom stereocenters. The van der Waals surface area contributed by atoms with Crippen molar-refractivity contribution in [3.63, 3.8) is 0 Å². The molecule has 8 heteroatoms.